The summed E-state index contributed by atoms with van der Waals surface area (Å²) in [5, 5.41) is 2.32. The number of fused-ring (bicyclic) bond motifs is 1. The molecule has 1 saturated carbocycles. The Labute approximate surface area is 94.8 Å². The minimum Gasteiger partial charge on any atom is -0.298 e. The molecule has 1 aliphatic carbocycles. The highest BCUT2D eigenvalue weighted by molar-refractivity contribution is 8.05. The zero-order valence-corrected chi connectivity index (χ0v) is 10.5. The zero-order valence-electron chi connectivity index (χ0n) is 8.86. The van der Waals surface area contributed by atoms with Gasteiger partial charge in [0.25, 0.3) is 0 Å². The molecule has 1 heterocycles. The van der Waals surface area contributed by atoms with Gasteiger partial charge in [0.1, 0.15) is 5.78 Å². The fourth-order valence-electron chi connectivity index (χ4n) is 2.41. The van der Waals surface area contributed by atoms with Gasteiger partial charge in [-0.2, -0.15) is 11.8 Å². The molecule has 0 N–H and O–H groups in total. The van der Waals surface area contributed by atoms with E-state index >= 15 is 0 Å². The summed E-state index contributed by atoms with van der Waals surface area (Å²) in [6, 6.07) is 0. The Hall–Kier alpha value is 0.370. The molecule has 1 saturated heterocycles. The van der Waals surface area contributed by atoms with E-state index in [0.717, 1.165) is 18.1 Å². The number of carbonyl (C=O) groups is 1. The number of hydrogen-bond donors (Lipinski definition) is 0. The maximum atomic E-state index is 11.8. The predicted molar refractivity (Wildman–Crippen MR) is 65.2 cm³/mol. The van der Waals surface area contributed by atoms with Crippen LogP contribution in [0.25, 0.3) is 0 Å². The number of hydrogen-bond acceptors (Lipinski definition) is 3. The van der Waals surface area contributed by atoms with E-state index in [-0.39, 0.29) is 0 Å². The predicted octanol–water partition coefficient (Wildman–Crippen LogP) is 3.12. The van der Waals surface area contributed by atoms with E-state index in [9.17, 15) is 4.79 Å². The lowest BCUT2D eigenvalue weighted by Gasteiger charge is -2.28. The third kappa shape index (κ3) is 2.30. The largest absolute Gasteiger partial charge is 0.298 e. The summed E-state index contributed by atoms with van der Waals surface area (Å²) >= 11 is 3.99. The first kappa shape index (κ1) is 10.9. The SMILES string of the molecule is CC1CC(C)SC2C(=O)CCCC2S1. The summed E-state index contributed by atoms with van der Waals surface area (Å²) in [7, 11) is 0. The molecule has 0 amide bonds. The molecule has 0 aromatic heterocycles. The molecule has 4 unspecified atom stereocenters. The Morgan fingerprint density at radius 2 is 1.93 bits per heavy atom. The Bertz CT molecular complexity index is 229. The lowest BCUT2D eigenvalue weighted by atomic mass is 9.98. The summed E-state index contributed by atoms with van der Waals surface area (Å²) in [5.74, 6) is 0.514. The lowest BCUT2D eigenvalue weighted by molar-refractivity contribution is -0.119. The van der Waals surface area contributed by atoms with Crippen LogP contribution in [0.4, 0.5) is 0 Å². The molecule has 80 valence electrons. The number of Topliss-reactive ketones (excluding diaryl/α,β-unsaturated/α-hetero) is 1. The summed E-state index contributed by atoms with van der Waals surface area (Å²) in [6.07, 6.45) is 4.46. The number of thioether (sulfide) groups is 2. The molecule has 4 atom stereocenters. The van der Waals surface area contributed by atoms with Crippen LogP contribution < -0.4 is 0 Å². The van der Waals surface area contributed by atoms with Gasteiger partial charge in [0.15, 0.2) is 0 Å². The molecule has 0 radical (unpaired) electrons. The Morgan fingerprint density at radius 1 is 1.21 bits per heavy atom. The maximum absolute atomic E-state index is 11.8. The zero-order chi connectivity index (χ0) is 10.1. The molecule has 3 heteroatoms. The van der Waals surface area contributed by atoms with Crippen molar-refractivity contribution >= 4 is 29.3 Å². The van der Waals surface area contributed by atoms with Gasteiger partial charge < -0.3 is 0 Å². The van der Waals surface area contributed by atoms with Crippen LogP contribution in [0.15, 0.2) is 0 Å². The van der Waals surface area contributed by atoms with Crippen molar-refractivity contribution in [2.24, 2.45) is 0 Å². The van der Waals surface area contributed by atoms with Crippen molar-refractivity contribution in [2.75, 3.05) is 0 Å². The normalized spacial score (nSPS) is 44.3. The van der Waals surface area contributed by atoms with Crippen LogP contribution in [-0.2, 0) is 4.79 Å². The average Bonchev–Trinajstić information content (AvgIpc) is 2.23. The molecule has 2 rings (SSSR count). The molecule has 0 aromatic rings. The van der Waals surface area contributed by atoms with E-state index in [2.05, 4.69) is 25.6 Å². The van der Waals surface area contributed by atoms with Gasteiger partial charge in [-0.1, -0.05) is 13.8 Å². The fourth-order valence-corrected chi connectivity index (χ4v) is 5.99. The lowest BCUT2D eigenvalue weighted by Crippen LogP contribution is -2.33. The number of ketones is 1. The topological polar surface area (TPSA) is 17.1 Å². The van der Waals surface area contributed by atoms with Gasteiger partial charge in [-0.25, -0.2) is 0 Å². The van der Waals surface area contributed by atoms with E-state index in [1.165, 1.54) is 12.8 Å². The molecular formula is C11H18OS2. The van der Waals surface area contributed by atoms with Crippen molar-refractivity contribution < 1.29 is 4.79 Å². The van der Waals surface area contributed by atoms with Crippen molar-refractivity contribution in [1.29, 1.82) is 0 Å². The maximum Gasteiger partial charge on any atom is 0.146 e. The van der Waals surface area contributed by atoms with Crippen LogP contribution in [0.2, 0.25) is 0 Å². The van der Waals surface area contributed by atoms with Crippen LogP contribution in [0, 0.1) is 0 Å². The Kier molecular flexibility index (Phi) is 3.48. The van der Waals surface area contributed by atoms with Crippen molar-refractivity contribution in [2.45, 2.75) is 60.5 Å². The minimum atomic E-state index is 0.314. The Balaban J connectivity index is 2.11. The van der Waals surface area contributed by atoms with Gasteiger partial charge in [-0.3, -0.25) is 4.79 Å². The molecule has 14 heavy (non-hydrogen) atoms. The third-order valence-corrected chi connectivity index (χ3v) is 6.25. The van der Waals surface area contributed by atoms with E-state index in [1.807, 2.05) is 11.8 Å². The highest BCUT2D eigenvalue weighted by atomic mass is 32.2. The van der Waals surface area contributed by atoms with Crippen LogP contribution in [0.5, 0.6) is 0 Å². The number of carbonyl (C=O) groups excluding carboxylic acids is 1. The molecule has 2 fully saturated rings. The second-order valence-corrected chi connectivity index (χ2v) is 7.71. The summed E-state index contributed by atoms with van der Waals surface area (Å²) < 4.78 is 0. The first-order chi connectivity index (χ1) is 6.66. The average molecular weight is 230 g/mol. The highest BCUT2D eigenvalue weighted by Crippen LogP contribution is 2.43. The molecule has 1 nitrogen and oxygen atoms in total. The molecule has 0 bridgehead atoms. The van der Waals surface area contributed by atoms with Crippen LogP contribution >= 0.6 is 23.5 Å². The van der Waals surface area contributed by atoms with Gasteiger partial charge in [0.05, 0.1) is 5.25 Å². The first-order valence-corrected chi connectivity index (χ1v) is 7.39. The highest BCUT2D eigenvalue weighted by Gasteiger charge is 2.37. The monoisotopic (exact) mass is 230 g/mol. The number of rotatable bonds is 0. The fraction of sp³-hybridized carbons (Fsp3) is 0.909. The molecule has 0 aromatic carbocycles. The summed E-state index contributed by atoms with van der Waals surface area (Å²) in [4.78, 5) is 11.8. The van der Waals surface area contributed by atoms with Gasteiger partial charge >= 0.3 is 0 Å². The molecule has 0 spiro atoms. The molecule has 2 aliphatic rings. The molecular weight excluding hydrogens is 212 g/mol. The van der Waals surface area contributed by atoms with Crippen LogP contribution in [0.1, 0.15) is 39.5 Å². The third-order valence-electron chi connectivity index (χ3n) is 3.02. The van der Waals surface area contributed by atoms with Crippen molar-refractivity contribution in [3.8, 4) is 0 Å². The van der Waals surface area contributed by atoms with Gasteiger partial charge in [-0.15, -0.1) is 11.8 Å². The van der Waals surface area contributed by atoms with Crippen LogP contribution in [0.3, 0.4) is 0 Å². The smallest absolute Gasteiger partial charge is 0.146 e. The van der Waals surface area contributed by atoms with Crippen molar-refractivity contribution in [1.82, 2.24) is 0 Å². The molecule has 1 aliphatic heterocycles. The van der Waals surface area contributed by atoms with Crippen molar-refractivity contribution in [3.63, 3.8) is 0 Å². The van der Waals surface area contributed by atoms with Gasteiger partial charge in [0.2, 0.25) is 0 Å². The summed E-state index contributed by atoms with van der Waals surface area (Å²) in [6.45, 7) is 4.58. The van der Waals surface area contributed by atoms with Crippen LogP contribution in [-0.4, -0.2) is 26.8 Å². The Morgan fingerprint density at radius 3 is 2.71 bits per heavy atom. The quantitative estimate of drug-likeness (QED) is 0.636. The standard InChI is InChI=1S/C11H18OS2/c1-7-6-8(2)14-11-9(12)4-3-5-10(11)13-7/h7-8,10-11H,3-6H2,1-2H3. The summed E-state index contributed by atoms with van der Waals surface area (Å²) in [5.41, 5.74) is 0. The van der Waals surface area contributed by atoms with E-state index in [1.54, 1.807) is 0 Å². The van der Waals surface area contributed by atoms with Gasteiger partial charge in [-0.05, 0) is 19.3 Å². The van der Waals surface area contributed by atoms with E-state index < -0.39 is 0 Å². The van der Waals surface area contributed by atoms with E-state index in [0.29, 0.717) is 21.5 Å². The second kappa shape index (κ2) is 4.48. The van der Waals surface area contributed by atoms with Crippen molar-refractivity contribution in [3.05, 3.63) is 0 Å². The minimum absolute atomic E-state index is 0.314. The second-order valence-electron chi connectivity index (χ2n) is 4.45. The first-order valence-electron chi connectivity index (χ1n) is 5.50. The van der Waals surface area contributed by atoms with E-state index in [4.69, 9.17) is 0 Å². The van der Waals surface area contributed by atoms with Gasteiger partial charge in [0, 0.05) is 22.2 Å².